The maximum atomic E-state index is 12.6. The number of nitrogens with two attached hydrogens (primary N) is 1. The van der Waals surface area contributed by atoms with Crippen molar-refractivity contribution in [2.24, 2.45) is 10.2 Å². The molecular weight excluding hydrogens is 406 g/mol. The molecule has 11 heteroatoms. The van der Waals surface area contributed by atoms with E-state index in [1.54, 1.807) is 18.2 Å². The van der Waals surface area contributed by atoms with Crippen molar-refractivity contribution in [2.75, 3.05) is 5.73 Å². The second-order valence-corrected chi connectivity index (χ2v) is 6.96. The van der Waals surface area contributed by atoms with Gasteiger partial charge >= 0.3 is 35.7 Å². The van der Waals surface area contributed by atoms with Crippen LogP contribution in [0, 0.1) is 0 Å². The number of anilines is 1. The molecule has 6 nitrogen and oxygen atoms in total. The third-order valence-corrected chi connectivity index (χ3v) is 4.67. The quantitative estimate of drug-likeness (QED) is 0.283. The van der Waals surface area contributed by atoms with Crippen LogP contribution in [0.1, 0.15) is 5.56 Å². The number of alkyl halides is 3. The van der Waals surface area contributed by atoms with E-state index in [4.69, 9.17) is 5.73 Å². The van der Waals surface area contributed by atoms with Gasteiger partial charge in [-0.3, -0.25) is 4.55 Å². The molecule has 28 heavy (non-hydrogen) atoms. The van der Waals surface area contributed by atoms with E-state index in [0.29, 0.717) is 5.39 Å². The molecule has 0 atom stereocenters. The number of azo groups is 1. The summed E-state index contributed by atoms with van der Waals surface area (Å²) >= 11 is 0. The van der Waals surface area contributed by atoms with Gasteiger partial charge in [0.2, 0.25) is 0 Å². The Morgan fingerprint density at radius 3 is 2.04 bits per heavy atom. The Hall–Kier alpha value is -1.98. The van der Waals surface area contributed by atoms with Crippen LogP contribution in [-0.4, -0.2) is 42.5 Å². The minimum atomic E-state index is -4.56. The Kier molecular flexibility index (Phi) is 6.51. The number of fused-ring (bicyclic) bond motifs is 1. The predicted octanol–water partition coefficient (Wildman–Crippen LogP) is 4.45. The average Bonchev–Trinajstić information content (AvgIpc) is 2.60. The van der Waals surface area contributed by atoms with Gasteiger partial charge in [0.1, 0.15) is 10.6 Å². The summed E-state index contributed by atoms with van der Waals surface area (Å²) in [7, 11) is -4.56. The van der Waals surface area contributed by atoms with Crippen LogP contribution in [0.25, 0.3) is 10.8 Å². The fourth-order valence-corrected chi connectivity index (χ4v) is 3.19. The molecule has 0 saturated heterocycles. The van der Waals surface area contributed by atoms with Crippen LogP contribution in [0.15, 0.2) is 69.7 Å². The normalized spacial score (nSPS) is 12.3. The Bertz CT molecular complexity index is 1150. The van der Waals surface area contributed by atoms with Crippen molar-refractivity contribution < 1.29 is 26.1 Å². The summed E-state index contributed by atoms with van der Waals surface area (Å²) in [5.41, 5.74) is 5.36. The first-order valence-electron chi connectivity index (χ1n) is 7.45. The van der Waals surface area contributed by atoms with Crippen LogP contribution < -0.4 is 5.73 Å². The van der Waals surface area contributed by atoms with Gasteiger partial charge in [0.15, 0.2) is 0 Å². The molecule has 0 heterocycles. The number of rotatable bonds is 3. The molecule has 3 rings (SSSR count). The molecule has 0 unspecified atom stereocenters. The van der Waals surface area contributed by atoms with Crippen LogP contribution in [-0.2, 0) is 16.3 Å². The number of hydrogen-bond donors (Lipinski definition) is 2. The fourth-order valence-electron chi connectivity index (χ4n) is 2.48. The molecule has 0 spiro atoms. The van der Waals surface area contributed by atoms with E-state index in [2.05, 4.69) is 10.2 Å². The summed E-state index contributed by atoms with van der Waals surface area (Å²) in [6, 6.07) is 11.2. The summed E-state index contributed by atoms with van der Waals surface area (Å²) in [6.07, 6.45) is -4.47. The van der Waals surface area contributed by atoms with Gasteiger partial charge in [-0.15, -0.1) is 5.11 Å². The number of nitrogen functional groups attached to an aromatic ring is 1. The minimum absolute atomic E-state index is 0. The maximum absolute atomic E-state index is 12.6. The van der Waals surface area contributed by atoms with Crippen LogP contribution in [0.5, 0.6) is 0 Å². The van der Waals surface area contributed by atoms with Crippen LogP contribution in [0.2, 0.25) is 0 Å². The molecule has 0 amide bonds. The average molecular weight is 419 g/mol. The number of hydrogen-bond acceptors (Lipinski definition) is 5. The summed E-state index contributed by atoms with van der Waals surface area (Å²) < 4.78 is 70.5. The first-order chi connectivity index (χ1) is 12.6. The van der Waals surface area contributed by atoms with Gasteiger partial charge in [-0.25, -0.2) is 0 Å². The molecule has 142 valence electrons. The predicted molar refractivity (Wildman–Crippen MR) is 101 cm³/mol. The SMILES string of the molecule is Nc1c(/N=N/c2ccc(C(F)(F)F)cc2)cc(S(=O)(=O)O)c2ccccc12.[NaH]. The third kappa shape index (κ3) is 4.70. The Morgan fingerprint density at radius 1 is 0.929 bits per heavy atom. The van der Waals surface area contributed by atoms with Crippen molar-refractivity contribution in [3.05, 3.63) is 60.2 Å². The van der Waals surface area contributed by atoms with E-state index in [1.165, 1.54) is 6.07 Å². The van der Waals surface area contributed by atoms with Crippen molar-refractivity contribution in [1.82, 2.24) is 0 Å². The number of nitrogens with zero attached hydrogens (tertiary/aromatic N) is 2. The Morgan fingerprint density at radius 2 is 1.50 bits per heavy atom. The molecule has 0 aliphatic carbocycles. The van der Waals surface area contributed by atoms with Gasteiger partial charge in [-0.05, 0) is 30.3 Å². The topological polar surface area (TPSA) is 105 Å². The van der Waals surface area contributed by atoms with Crippen LogP contribution >= 0.6 is 0 Å². The van der Waals surface area contributed by atoms with Gasteiger partial charge in [0, 0.05) is 10.8 Å². The van der Waals surface area contributed by atoms with E-state index in [1.807, 2.05) is 0 Å². The van der Waals surface area contributed by atoms with Gasteiger partial charge < -0.3 is 5.73 Å². The molecular formula is C17H13F3N3NaO3S. The standard InChI is InChI=1S/C17H12F3N3O3S.Na.H/c18-17(19,20)10-5-7-11(8-6-10)22-23-14-9-15(27(24,25)26)12-3-1-2-4-13(12)16(14)21;;/h1-9H,21H2,(H,24,25,26);;/b23-22+;;. The molecule has 3 N–H and O–H groups in total. The Labute approximate surface area is 180 Å². The van der Waals surface area contributed by atoms with Crippen molar-refractivity contribution in [3.8, 4) is 0 Å². The summed E-state index contributed by atoms with van der Waals surface area (Å²) in [5, 5.41) is 8.18. The molecule has 0 fully saturated rings. The molecule has 0 aromatic heterocycles. The number of benzene rings is 3. The number of halogens is 3. The monoisotopic (exact) mass is 419 g/mol. The first-order valence-corrected chi connectivity index (χ1v) is 8.89. The third-order valence-electron chi connectivity index (χ3n) is 3.77. The second-order valence-electron chi connectivity index (χ2n) is 5.57. The van der Waals surface area contributed by atoms with E-state index in [9.17, 15) is 26.1 Å². The zero-order valence-corrected chi connectivity index (χ0v) is 14.3. The molecule has 0 aliphatic rings. The molecule has 0 bridgehead atoms. The van der Waals surface area contributed by atoms with Crippen LogP contribution in [0.4, 0.5) is 30.2 Å². The zero-order chi connectivity index (χ0) is 19.8. The first kappa shape index (κ1) is 22.3. The van der Waals surface area contributed by atoms with E-state index >= 15 is 0 Å². The van der Waals surface area contributed by atoms with Crippen molar-refractivity contribution in [2.45, 2.75) is 11.1 Å². The van der Waals surface area contributed by atoms with Crippen molar-refractivity contribution >= 4 is 67.5 Å². The van der Waals surface area contributed by atoms with E-state index < -0.39 is 26.8 Å². The molecule has 0 radical (unpaired) electrons. The molecule has 0 saturated carbocycles. The zero-order valence-electron chi connectivity index (χ0n) is 13.5. The van der Waals surface area contributed by atoms with Gasteiger partial charge in [0.05, 0.1) is 16.9 Å². The molecule has 3 aromatic rings. The second kappa shape index (κ2) is 8.18. The fraction of sp³-hybridized carbons (Fsp3) is 0.0588. The summed E-state index contributed by atoms with van der Waals surface area (Å²) in [4.78, 5) is -0.395. The van der Waals surface area contributed by atoms with E-state index in [0.717, 1.165) is 30.3 Å². The molecule has 0 aliphatic heterocycles. The van der Waals surface area contributed by atoms with Crippen molar-refractivity contribution in [3.63, 3.8) is 0 Å². The van der Waals surface area contributed by atoms with Crippen LogP contribution in [0.3, 0.4) is 0 Å². The van der Waals surface area contributed by atoms with Gasteiger partial charge in [-0.1, -0.05) is 24.3 Å². The molecule has 3 aromatic carbocycles. The van der Waals surface area contributed by atoms with Gasteiger partial charge in [0.25, 0.3) is 10.1 Å². The van der Waals surface area contributed by atoms with E-state index in [-0.39, 0.29) is 52.0 Å². The van der Waals surface area contributed by atoms with Crippen molar-refractivity contribution in [1.29, 1.82) is 0 Å². The Balaban J connectivity index is 0.00000280. The summed E-state index contributed by atoms with van der Waals surface area (Å²) in [6.45, 7) is 0. The van der Waals surface area contributed by atoms with Gasteiger partial charge in [-0.2, -0.15) is 26.7 Å². The summed E-state index contributed by atoms with van der Waals surface area (Å²) in [5.74, 6) is 0.